The van der Waals surface area contributed by atoms with Crippen molar-refractivity contribution in [3.8, 4) is 0 Å². The highest BCUT2D eigenvalue weighted by molar-refractivity contribution is 7.90. The van der Waals surface area contributed by atoms with E-state index in [1.165, 1.54) is 14.1 Å². The lowest BCUT2D eigenvalue weighted by molar-refractivity contribution is 0.428. The van der Waals surface area contributed by atoms with Gasteiger partial charge in [-0.25, -0.2) is 0 Å². The molecule has 10 heteroatoms. The zero-order chi connectivity index (χ0) is 13.0. The van der Waals surface area contributed by atoms with Crippen molar-refractivity contribution in [1.29, 1.82) is 0 Å². The van der Waals surface area contributed by atoms with Gasteiger partial charge in [0.15, 0.2) is 0 Å². The molecule has 0 fully saturated rings. The van der Waals surface area contributed by atoms with Crippen molar-refractivity contribution >= 4 is 20.4 Å². The molecule has 0 radical (unpaired) electrons. The Balaban J connectivity index is 4.65. The largest absolute Gasteiger partial charge is 0.293 e. The number of rotatable bonds is 7. The van der Waals surface area contributed by atoms with Crippen molar-refractivity contribution in [2.45, 2.75) is 13.8 Å². The Morgan fingerprint density at radius 3 is 1.56 bits per heavy atom. The molecule has 0 saturated carbocycles. The lowest BCUT2D eigenvalue weighted by atomic mass is 10.7. The average Bonchev–Trinajstić information content (AvgIpc) is 2.16. The van der Waals surface area contributed by atoms with Crippen LogP contribution in [-0.2, 0) is 20.4 Å². The van der Waals surface area contributed by atoms with E-state index in [4.69, 9.17) is 0 Å². The van der Waals surface area contributed by atoms with Gasteiger partial charge in [0.2, 0.25) is 0 Å². The summed E-state index contributed by atoms with van der Waals surface area (Å²) in [6.45, 7) is 3.83. The van der Waals surface area contributed by atoms with Gasteiger partial charge < -0.3 is 0 Å². The predicted molar refractivity (Wildman–Crippen MR) is 60.7 cm³/mol. The SMILES string of the molecule is CCN(CC)S(=O)(=O)NNS(=O)(=O)N(C)C. The summed E-state index contributed by atoms with van der Waals surface area (Å²) in [7, 11) is -5.07. The summed E-state index contributed by atoms with van der Waals surface area (Å²) < 4.78 is 47.5. The van der Waals surface area contributed by atoms with E-state index in [2.05, 4.69) is 0 Å². The summed E-state index contributed by atoms with van der Waals surface area (Å²) in [4.78, 5) is 3.57. The molecule has 0 aromatic rings. The van der Waals surface area contributed by atoms with Crippen molar-refractivity contribution < 1.29 is 16.8 Å². The van der Waals surface area contributed by atoms with Crippen LogP contribution in [-0.4, -0.2) is 52.6 Å². The molecule has 0 aliphatic rings. The highest BCUT2D eigenvalue weighted by Crippen LogP contribution is 1.96. The normalized spacial score (nSPS) is 13.6. The summed E-state index contributed by atoms with van der Waals surface area (Å²) >= 11 is 0. The van der Waals surface area contributed by atoms with Gasteiger partial charge in [0.05, 0.1) is 0 Å². The van der Waals surface area contributed by atoms with E-state index in [1.807, 2.05) is 0 Å². The van der Waals surface area contributed by atoms with Gasteiger partial charge in [-0.2, -0.15) is 25.4 Å². The second kappa shape index (κ2) is 5.89. The van der Waals surface area contributed by atoms with Crippen LogP contribution in [0, 0.1) is 0 Å². The fourth-order valence-corrected chi connectivity index (χ4v) is 2.66. The maximum absolute atomic E-state index is 11.5. The van der Waals surface area contributed by atoms with Gasteiger partial charge in [-0.3, -0.25) is 0 Å². The van der Waals surface area contributed by atoms with Crippen LogP contribution in [0.1, 0.15) is 13.8 Å². The fourth-order valence-electron chi connectivity index (χ4n) is 0.825. The highest BCUT2D eigenvalue weighted by Gasteiger charge is 2.21. The van der Waals surface area contributed by atoms with Crippen LogP contribution in [0.25, 0.3) is 0 Å². The molecule has 8 nitrogen and oxygen atoms in total. The van der Waals surface area contributed by atoms with Gasteiger partial charge in [0.25, 0.3) is 20.4 Å². The van der Waals surface area contributed by atoms with Gasteiger partial charge >= 0.3 is 0 Å². The van der Waals surface area contributed by atoms with Crippen LogP contribution in [0.2, 0.25) is 0 Å². The molecule has 16 heavy (non-hydrogen) atoms. The predicted octanol–water partition coefficient (Wildman–Crippen LogP) is -1.53. The van der Waals surface area contributed by atoms with Crippen LogP contribution < -0.4 is 9.66 Å². The molecule has 0 rings (SSSR count). The van der Waals surface area contributed by atoms with Crippen molar-refractivity contribution in [2.75, 3.05) is 27.2 Å². The standard InChI is InChI=1S/C6H18N4O4S2/c1-5-10(6-2)16(13,14)8-7-15(11,12)9(3)4/h7-8H,5-6H2,1-4H3. The minimum atomic E-state index is -3.82. The second-order valence-electron chi connectivity index (χ2n) is 3.08. The van der Waals surface area contributed by atoms with Gasteiger partial charge in [0, 0.05) is 27.2 Å². The molecule has 0 aliphatic carbocycles. The Morgan fingerprint density at radius 1 is 0.875 bits per heavy atom. The van der Waals surface area contributed by atoms with Gasteiger partial charge in [-0.05, 0) is 0 Å². The maximum atomic E-state index is 11.5. The first-order valence-corrected chi connectivity index (χ1v) is 7.51. The van der Waals surface area contributed by atoms with Crippen LogP contribution in [0.4, 0.5) is 0 Å². The molecule has 0 atom stereocenters. The van der Waals surface area contributed by atoms with E-state index in [-0.39, 0.29) is 13.1 Å². The van der Waals surface area contributed by atoms with E-state index in [0.29, 0.717) is 0 Å². The molecule has 0 unspecified atom stereocenters. The summed E-state index contributed by atoms with van der Waals surface area (Å²) in [6.07, 6.45) is 0. The minimum absolute atomic E-state index is 0.259. The van der Waals surface area contributed by atoms with Gasteiger partial charge in [0.1, 0.15) is 0 Å². The van der Waals surface area contributed by atoms with Gasteiger partial charge in [-0.15, -0.1) is 9.66 Å². The Bertz CT molecular complexity index is 398. The molecular formula is C6H18N4O4S2. The summed E-state index contributed by atoms with van der Waals surface area (Å²) in [5.74, 6) is 0. The molecule has 0 spiro atoms. The van der Waals surface area contributed by atoms with Crippen LogP contribution in [0.5, 0.6) is 0 Å². The van der Waals surface area contributed by atoms with Crippen molar-refractivity contribution in [3.63, 3.8) is 0 Å². The first-order valence-electron chi connectivity index (χ1n) is 4.63. The fraction of sp³-hybridized carbons (Fsp3) is 1.00. The molecule has 0 saturated heterocycles. The number of hydrogen-bond acceptors (Lipinski definition) is 4. The third-order valence-corrected chi connectivity index (χ3v) is 4.83. The lowest BCUT2D eigenvalue weighted by Crippen LogP contribution is -2.51. The Labute approximate surface area is 96.9 Å². The molecule has 0 aromatic heterocycles. The van der Waals surface area contributed by atoms with Gasteiger partial charge in [-0.1, -0.05) is 13.8 Å². The zero-order valence-corrected chi connectivity index (χ0v) is 11.4. The summed E-state index contributed by atoms with van der Waals surface area (Å²) in [6, 6.07) is 0. The molecule has 98 valence electrons. The average molecular weight is 274 g/mol. The number of nitrogens with zero attached hydrogens (tertiary/aromatic N) is 2. The minimum Gasteiger partial charge on any atom is -0.194 e. The van der Waals surface area contributed by atoms with E-state index >= 15 is 0 Å². The zero-order valence-electron chi connectivity index (χ0n) is 9.76. The summed E-state index contributed by atoms with van der Waals surface area (Å²) in [5, 5.41) is 0. The first-order chi connectivity index (χ1) is 7.17. The monoisotopic (exact) mass is 274 g/mol. The quantitative estimate of drug-likeness (QED) is 0.550. The van der Waals surface area contributed by atoms with E-state index in [9.17, 15) is 16.8 Å². The Kier molecular flexibility index (Phi) is 5.79. The maximum Gasteiger partial charge on any atom is 0.293 e. The van der Waals surface area contributed by atoms with Crippen LogP contribution >= 0.6 is 0 Å². The van der Waals surface area contributed by atoms with Crippen molar-refractivity contribution in [3.05, 3.63) is 0 Å². The van der Waals surface area contributed by atoms with Crippen LogP contribution in [0.15, 0.2) is 0 Å². The molecule has 0 aromatic carbocycles. The lowest BCUT2D eigenvalue weighted by Gasteiger charge is -2.20. The third-order valence-electron chi connectivity index (χ3n) is 1.83. The van der Waals surface area contributed by atoms with Crippen molar-refractivity contribution in [2.24, 2.45) is 0 Å². The van der Waals surface area contributed by atoms with Crippen LogP contribution in [0.3, 0.4) is 0 Å². The first kappa shape index (κ1) is 15.7. The Morgan fingerprint density at radius 2 is 1.25 bits per heavy atom. The third kappa shape index (κ3) is 4.31. The van der Waals surface area contributed by atoms with E-state index < -0.39 is 20.4 Å². The molecular weight excluding hydrogens is 256 g/mol. The summed E-state index contributed by atoms with van der Waals surface area (Å²) in [5.41, 5.74) is 0. The molecule has 0 heterocycles. The molecule has 2 N–H and O–H groups in total. The number of hydrazine groups is 1. The Hall–Kier alpha value is -0.260. The van der Waals surface area contributed by atoms with E-state index in [1.54, 1.807) is 23.5 Å². The smallest absolute Gasteiger partial charge is 0.194 e. The molecule has 0 amide bonds. The van der Waals surface area contributed by atoms with E-state index in [0.717, 1.165) is 8.61 Å². The van der Waals surface area contributed by atoms with Crippen molar-refractivity contribution in [1.82, 2.24) is 18.3 Å². The number of hydrogen-bond donors (Lipinski definition) is 2. The molecule has 0 aliphatic heterocycles. The number of nitrogens with one attached hydrogen (secondary N) is 2. The highest BCUT2D eigenvalue weighted by atomic mass is 32.2. The topological polar surface area (TPSA) is 98.8 Å². The second-order valence-corrected chi connectivity index (χ2v) is 6.64. The molecule has 0 bridgehead atoms.